The number of nitro groups is 1. The minimum atomic E-state index is -0.898. The van der Waals surface area contributed by atoms with Gasteiger partial charge in [0.05, 0.1) is 11.0 Å². The molecule has 0 bridgehead atoms. The third-order valence-electron chi connectivity index (χ3n) is 5.18. The van der Waals surface area contributed by atoms with Crippen LogP contribution in [0.3, 0.4) is 0 Å². The van der Waals surface area contributed by atoms with Gasteiger partial charge in [-0.05, 0) is 36.2 Å². The molecule has 1 aliphatic heterocycles. The summed E-state index contributed by atoms with van der Waals surface area (Å²) in [6.07, 6.45) is 2.82. The average molecular weight is 383 g/mol. The molecule has 1 atom stereocenters. The highest BCUT2D eigenvalue weighted by Crippen LogP contribution is 2.34. The van der Waals surface area contributed by atoms with Crippen LogP contribution in [0.1, 0.15) is 29.3 Å². The van der Waals surface area contributed by atoms with Gasteiger partial charge in [-0.2, -0.15) is 0 Å². The van der Waals surface area contributed by atoms with Crippen molar-refractivity contribution < 1.29 is 13.7 Å². The van der Waals surface area contributed by atoms with Gasteiger partial charge in [0.2, 0.25) is 0 Å². The SMILES string of the molecule is O=[N+]([O-])c1ccccc1CN1CCCn2cccc2C1c1ccc(F)c(F)c1. The first-order valence-electron chi connectivity index (χ1n) is 9.11. The van der Waals surface area contributed by atoms with Crippen molar-refractivity contribution >= 4 is 5.69 Å². The molecule has 1 aromatic heterocycles. The van der Waals surface area contributed by atoms with Gasteiger partial charge < -0.3 is 4.57 Å². The predicted octanol–water partition coefficient (Wildman–Crippen LogP) is 4.67. The number of aryl methyl sites for hydroxylation is 1. The summed E-state index contributed by atoms with van der Waals surface area (Å²) in [5.41, 5.74) is 2.24. The quantitative estimate of drug-likeness (QED) is 0.486. The summed E-state index contributed by atoms with van der Waals surface area (Å²) in [5.74, 6) is -1.79. The molecule has 0 aliphatic carbocycles. The normalized spacial score (nSPS) is 17.1. The molecule has 0 saturated heterocycles. The Balaban J connectivity index is 1.78. The summed E-state index contributed by atoms with van der Waals surface area (Å²) >= 11 is 0. The third-order valence-corrected chi connectivity index (χ3v) is 5.18. The lowest BCUT2D eigenvalue weighted by molar-refractivity contribution is -0.385. The van der Waals surface area contributed by atoms with Gasteiger partial charge in [-0.1, -0.05) is 24.3 Å². The highest BCUT2D eigenvalue weighted by Gasteiger charge is 2.29. The Hall–Kier alpha value is -3.06. The molecule has 0 amide bonds. The maximum Gasteiger partial charge on any atom is 0.273 e. The van der Waals surface area contributed by atoms with Crippen LogP contribution in [0.25, 0.3) is 0 Å². The summed E-state index contributed by atoms with van der Waals surface area (Å²) in [6, 6.07) is 14.1. The minimum Gasteiger partial charge on any atom is -0.350 e. The second-order valence-corrected chi connectivity index (χ2v) is 6.91. The monoisotopic (exact) mass is 383 g/mol. The van der Waals surface area contributed by atoms with Gasteiger partial charge in [-0.3, -0.25) is 15.0 Å². The smallest absolute Gasteiger partial charge is 0.273 e. The molecular formula is C21H19F2N3O2. The molecular weight excluding hydrogens is 364 g/mol. The zero-order chi connectivity index (χ0) is 19.7. The van der Waals surface area contributed by atoms with Gasteiger partial charge in [-0.15, -0.1) is 0 Å². The van der Waals surface area contributed by atoms with Crippen LogP contribution in [0.15, 0.2) is 60.8 Å². The van der Waals surface area contributed by atoms with Gasteiger partial charge in [0.25, 0.3) is 5.69 Å². The van der Waals surface area contributed by atoms with Gasteiger partial charge in [0.1, 0.15) is 0 Å². The first-order chi connectivity index (χ1) is 13.5. The Morgan fingerprint density at radius 1 is 1.04 bits per heavy atom. The molecule has 0 N–H and O–H groups in total. The number of rotatable bonds is 4. The van der Waals surface area contributed by atoms with Crippen molar-refractivity contribution in [1.29, 1.82) is 0 Å². The average Bonchev–Trinajstić information content (AvgIpc) is 3.06. The van der Waals surface area contributed by atoms with Crippen LogP contribution in [0, 0.1) is 21.7 Å². The molecule has 1 aliphatic rings. The summed E-state index contributed by atoms with van der Waals surface area (Å²) in [6.45, 7) is 1.82. The number of fused-ring (bicyclic) bond motifs is 1. The number of halogens is 2. The fraction of sp³-hybridized carbons (Fsp3) is 0.238. The van der Waals surface area contributed by atoms with Gasteiger partial charge in [0, 0.05) is 43.2 Å². The Morgan fingerprint density at radius 3 is 2.64 bits per heavy atom. The number of hydrogen-bond acceptors (Lipinski definition) is 3. The van der Waals surface area contributed by atoms with E-state index in [-0.39, 0.29) is 16.7 Å². The summed E-state index contributed by atoms with van der Waals surface area (Å²) in [5, 5.41) is 11.4. The van der Waals surface area contributed by atoms with E-state index < -0.39 is 11.6 Å². The number of benzene rings is 2. The second kappa shape index (κ2) is 7.52. The first-order valence-corrected chi connectivity index (χ1v) is 9.11. The largest absolute Gasteiger partial charge is 0.350 e. The van der Waals surface area contributed by atoms with Crippen molar-refractivity contribution in [3.8, 4) is 0 Å². The molecule has 3 aromatic rings. The van der Waals surface area contributed by atoms with E-state index in [1.165, 1.54) is 12.1 Å². The van der Waals surface area contributed by atoms with E-state index in [2.05, 4.69) is 9.47 Å². The molecule has 0 saturated carbocycles. The van der Waals surface area contributed by atoms with Crippen molar-refractivity contribution in [2.24, 2.45) is 0 Å². The molecule has 4 rings (SSSR count). The lowest BCUT2D eigenvalue weighted by Crippen LogP contribution is -2.30. The molecule has 7 heteroatoms. The highest BCUT2D eigenvalue weighted by molar-refractivity contribution is 5.40. The standard InChI is InChI=1S/C21H19F2N3O2/c22-17-9-8-15(13-18(17)23)21-20-7-3-10-24(20)11-4-12-25(21)14-16-5-1-2-6-19(16)26(27)28/h1-3,5-10,13,21H,4,11-12,14H2. The molecule has 5 nitrogen and oxygen atoms in total. The zero-order valence-electron chi connectivity index (χ0n) is 15.1. The van der Waals surface area contributed by atoms with E-state index in [4.69, 9.17) is 0 Å². The fourth-order valence-electron chi connectivity index (χ4n) is 3.92. The lowest BCUT2D eigenvalue weighted by Gasteiger charge is -2.30. The van der Waals surface area contributed by atoms with E-state index in [0.29, 0.717) is 24.2 Å². The Bertz CT molecular complexity index is 1020. The molecule has 2 aromatic carbocycles. The van der Waals surface area contributed by atoms with Crippen molar-refractivity contribution in [3.63, 3.8) is 0 Å². The van der Waals surface area contributed by atoms with Gasteiger partial charge in [0.15, 0.2) is 11.6 Å². The lowest BCUT2D eigenvalue weighted by atomic mass is 10.0. The van der Waals surface area contributed by atoms with Crippen LogP contribution >= 0.6 is 0 Å². The topological polar surface area (TPSA) is 51.3 Å². The number of para-hydroxylation sites is 1. The van der Waals surface area contributed by atoms with Crippen LogP contribution in [0.5, 0.6) is 0 Å². The second-order valence-electron chi connectivity index (χ2n) is 6.91. The van der Waals surface area contributed by atoms with E-state index in [0.717, 1.165) is 24.7 Å². The molecule has 0 radical (unpaired) electrons. The fourth-order valence-corrected chi connectivity index (χ4v) is 3.92. The number of hydrogen-bond donors (Lipinski definition) is 0. The highest BCUT2D eigenvalue weighted by atomic mass is 19.2. The molecule has 144 valence electrons. The van der Waals surface area contributed by atoms with Crippen molar-refractivity contribution in [1.82, 2.24) is 9.47 Å². The summed E-state index contributed by atoms with van der Waals surface area (Å²) in [7, 11) is 0. The Labute approximate surface area is 161 Å². The summed E-state index contributed by atoms with van der Waals surface area (Å²) < 4.78 is 29.6. The maximum absolute atomic E-state index is 14.0. The minimum absolute atomic E-state index is 0.0613. The van der Waals surface area contributed by atoms with E-state index >= 15 is 0 Å². The maximum atomic E-state index is 14.0. The van der Waals surface area contributed by atoms with Crippen molar-refractivity contribution in [2.75, 3.05) is 6.54 Å². The van der Waals surface area contributed by atoms with Gasteiger partial charge >= 0.3 is 0 Å². The molecule has 2 heterocycles. The van der Waals surface area contributed by atoms with Crippen LogP contribution in [0.4, 0.5) is 14.5 Å². The Kier molecular flexibility index (Phi) is 4.92. The third kappa shape index (κ3) is 3.41. The first kappa shape index (κ1) is 18.3. The molecule has 28 heavy (non-hydrogen) atoms. The van der Waals surface area contributed by atoms with E-state index in [1.54, 1.807) is 24.3 Å². The number of nitro benzene ring substituents is 1. The molecule has 0 fully saturated rings. The van der Waals surface area contributed by atoms with Crippen molar-refractivity contribution in [3.05, 3.63) is 99.4 Å². The predicted molar refractivity (Wildman–Crippen MR) is 101 cm³/mol. The zero-order valence-corrected chi connectivity index (χ0v) is 15.1. The van der Waals surface area contributed by atoms with Crippen LogP contribution in [0.2, 0.25) is 0 Å². The van der Waals surface area contributed by atoms with E-state index in [1.807, 2.05) is 18.3 Å². The number of aromatic nitrogens is 1. The molecule has 0 spiro atoms. The Morgan fingerprint density at radius 2 is 1.86 bits per heavy atom. The summed E-state index contributed by atoms with van der Waals surface area (Å²) in [4.78, 5) is 13.1. The van der Waals surface area contributed by atoms with E-state index in [9.17, 15) is 18.9 Å². The van der Waals surface area contributed by atoms with Crippen LogP contribution in [-0.4, -0.2) is 20.9 Å². The van der Waals surface area contributed by atoms with Gasteiger partial charge in [-0.25, -0.2) is 8.78 Å². The van der Waals surface area contributed by atoms with Crippen molar-refractivity contribution in [2.45, 2.75) is 25.6 Å². The molecule has 1 unspecified atom stereocenters. The van der Waals surface area contributed by atoms with Crippen LogP contribution in [-0.2, 0) is 13.1 Å². The van der Waals surface area contributed by atoms with Crippen LogP contribution < -0.4 is 0 Å². The number of nitrogens with zero attached hydrogens (tertiary/aromatic N) is 3.